The van der Waals surface area contributed by atoms with E-state index in [9.17, 15) is 4.79 Å². The Morgan fingerprint density at radius 3 is 2.38 bits per heavy atom. The Morgan fingerprint density at radius 2 is 1.81 bits per heavy atom. The Hall–Kier alpha value is -1.58. The zero-order valence-electron chi connectivity index (χ0n) is 12.0. The summed E-state index contributed by atoms with van der Waals surface area (Å²) < 4.78 is 5.35. The van der Waals surface area contributed by atoms with Crippen LogP contribution in [0.1, 0.15) is 27.2 Å². The lowest BCUT2D eigenvalue weighted by atomic mass is 10.0. The van der Waals surface area contributed by atoms with Crippen LogP contribution in [0.15, 0.2) is 24.4 Å². The molecule has 0 aliphatic rings. The van der Waals surface area contributed by atoms with Crippen LogP contribution in [0.25, 0.3) is 0 Å². The average Bonchev–Trinajstić information content (AvgIpc) is 2.41. The fourth-order valence-electron chi connectivity index (χ4n) is 2.22. The van der Waals surface area contributed by atoms with Gasteiger partial charge in [-0.2, -0.15) is 0 Å². The lowest BCUT2D eigenvalue weighted by Crippen LogP contribution is -2.08. The van der Waals surface area contributed by atoms with Gasteiger partial charge in [0.1, 0.15) is 5.75 Å². The van der Waals surface area contributed by atoms with Crippen molar-refractivity contribution in [2.24, 2.45) is 0 Å². The summed E-state index contributed by atoms with van der Waals surface area (Å²) in [5.41, 5.74) is 2.99. The number of carbonyl (C=O) groups is 1. The summed E-state index contributed by atoms with van der Waals surface area (Å²) in [4.78, 5) is 16.7. The predicted molar refractivity (Wildman–Crippen MR) is 84.8 cm³/mol. The number of aryl methyl sites for hydroxylation is 1. The molecule has 110 valence electrons. The molecule has 3 nitrogen and oxygen atoms in total. The number of pyridine rings is 1. The molecule has 0 spiro atoms. The molecule has 0 N–H and O–H groups in total. The van der Waals surface area contributed by atoms with E-state index in [0.717, 1.165) is 16.9 Å². The third kappa shape index (κ3) is 3.55. The van der Waals surface area contributed by atoms with Crippen LogP contribution in [0.5, 0.6) is 5.75 Å². The number of hydrogen-bond acceptors (Lipinski definition) is 3. The second-order valence-electron chi connectivity index (χ2n) is 4.80. The smallest absolute Gasteiger partial charge is 0.168 e. The number of carbonyl (C=O) groups excluding carboxylic acids is 1. The lowest BCUT2D eigenvalue weighted by Gasteiger charge is -2.12. The second-order valence-corrected chi connectivity index (χ2v) is 5.68. The number of aromatic nitrogens is 1. The molecule has 1 aromatic carbocycles. The van der Waals surface area contributed by atoms with E-state index < -0.39 is 0 Å². The molecule has 0 bridgehead atoms. The summed E-state index contributed by atoms with van der Waals surface area (Å²) >= 11 is 11.8. The molecule has 1 aromatic heterocycles. The van der Waals surface area contributed by atoms with Gasteiger partial charge in [0.25, 0.3) is 0 Å². The first kappa shape index (κ1) is 15.8. The maximum Gasteiger partial charge on any atom is 0.168 e. The average molecular weight is 324 g/mol. The minimum Gasteiger partial charge on any atom is -0.496 e. The van der Waals surface area contributed by atoms with E-state index >= 15 is 0 Å². The number of Topliss-reactive ketones (excluding diaryl/α,β-unsaturated/α-hetero) is 1. The standard InChI is InChI=1S/C16H15Cl2NO2/c1-9-8-19-14(10(2)16(9)21-3)7-15(20)11-4-12(17)6-13(18)5-11/h4-6,8H,7H2,1-3H3. The van der Waals surface area contributed by atoms with E-state index in [0.29, 0.717) is 21.3 Å². The Kier molecular flexibility index (Phi) is 4.86. The monoisotopic (exact) mass is 323 g/mol. The Labute approximate surface area is 133 Å². The SMILES string of the molecule is COc1c(C)cnc(CC(=O)c2cc(Cl)cc(Cl)c2)c1C. The van der Waals surface area contributed by atoms with E-state index in [2.05, 4.69) is 4.98 Å². The topological polar surface area (TPSA) is 39.2 Å². The molecule has 0 amide bonds. The highest BCUT2D eigenvalue weighted by Crippen LogP contribution is 2.25. The highest BCUT2D eigenvalue weighted by Gasteiger charge is 2.15. The van der Waals surface area contributed by atoms with Gasteiger partial charge in [0, 0.05) is 32.9 Å². The predicted octanol–water partition coefficient (Wildman–Crippen LogP) is 4.44. The Morgan fingerprint density at radius 1 is 1.19 bits per heavy atom. The molecule has 0 unspecified atom stereocenters. The van der Waals surface area contributed by atoms with Crippen LogP contribution in [0, 0.1) is 13.8 Å². The minimum absolute atomic E-state index is 0.0825. The van der Waals surface area contributed by atoms with Gasteiger partial charge in [-0.1, -0.05) is 23.2 Å². The molecule has 0 saturated heterocycles. The van der Waals surface area contributed by atoms with Crippen LogP contribution < -0.4 is 4.74 Å². The van der Waals surface area contributed by atoms with Gasteiger partial charge in [-0.15, -0.1) is 0 Å². The van der Waals surface area contributed by atoms with Crippen molar-refractivity contribution in [3.05, 3.63) is 56.8 Å². The molecule has 0 aliphatic heterocycles. The number of halogens is 2. The van der Waals surface area contributed by atoms with Gasteiger partial charge in [-0.25, -0.2) is 0 Å². The highest BCUT2D eigenvalue weighted by atomic mass is 35.5. The van der Waals surface area contributed by atoms with Crippen molar-refractivity contribution in [1.82, 2.24) is 4.98 Å². The van der Waals surface area contributed by atoms with Gasteiger partial charge in [0.05, 0.1) is 19.2 Å². The van der Waals surface area contributed by atoms with E-state index in [-0.39, 0.29) is 12.2 Å². The lowest BCUT2D eigenvalue weighted by molar-refractivity contribution is 0.0991. The van der Waals surface area contributed by atoms with Gasteiger partial charge >= 0.3 is 0 Å². The van der Waals surface area contributed by atoms with Gasteiger partial charge in [0.2, 0.25) is 0 Å². The largest absolute Gasteiger partial charge is 0.496 e. The van der Waals surface area contributed by atoms with Gasteiger partial charge < -0.3 is 4.74 Å². The molecular weight excluding hydrogens is 309 g/mol. The van der Waals surface area contributed by atoms with E-state index in [1.807, 2.05) is 13.8 Å². The third-order valence-corrected chi connectivity index (χ3v) is 3.70. The maximum atomic E-state index is 12.4. The van der Waals surface area contributed by atoms with Crippen LogP contribution in [0.4, 0.5) is 0 Å². The molecule has 0 saturated carbocycles. The van der Waals surface area contributed by atoms with Crippen molar-refractivity contribution in [3.8, 4) is 5.75 Å². The minimum atomic E-state index is -0.0825. The van der Waals surface area contributed by atoms with Crippen LogP contribution in [-0.4, -0.2) is 17.9 Å². The molecule has 0 atom stereocenters. The highest BCUT2D eigenvalue weighted by molar-refractivity contribution is 6.35. The summed E-state index contributed by atoms with van der Waals surface area (Å²) in [6.07, 6.45) is 1.89. The number of benzene rings is 1. The van der Waals surface area contributed by atoms with Crippen LogP contribution in [-0.2, 0) is 6.42 Å². The maximum absolute atomic E-state index is 12.4. The van der Waals surface area contributed by atoms with Crippen molar-refractivity contribution in [2.45, 2.75) is 20.3 Å². The van der Waals surface area contributed by atoms with E-state index in [4.69, 9.17) is 27.9 Å². The molecule has 5 heteroatoms. The van der Waals surface area contributed by atoms with Gasteiger partial charge in [-0.05, 0) is 32.0 Å². The number of methoxy groups -OCH3 is 1. The molecular formula is C16H15Cl2NO2. The van der Waals surface area contributed by atoms with Crippen molar-refractivity contribution in [1.29, 1.82) is 0 Å². The number of nitrogens with zero attached hydrogens (tertiary/aromatic N) is 1. The molecule has 0 aliphatic carbocycles. The summed E-state index contributed by atoms with van der Waals surface area (Å²) in [6.45, 7) is 3.81. The van der Waals surface area contributed by atoms with Crippen molar-refractivity contribution < 1.29 is 9.53 Å². The Balaban J connectivity index is 2.32. The zero-order chi connectivity index (χ0) is 15.6. The first-order valence-electron chi connectivity index (χ1n) is 6.40. The summed E-state index contributed by atoms with van der Waals surface area (Å²) in [5.74, 6) is 0.679. The van der Waals surface area contributed by atoms with Crippen molar-refractivity contribution >= 4 is 29.0 Å². The van der Waals surface area contributed by atoms with Crippen LogP contribution in [0.3, 0.4) is 0 Å². The molecule has 2 rings (SSSR count). The van der Waals surface area contributed by atoms with Crippen molar-refractivity contribution in [3.63, 3.8) is 0 Å². The Bertz CT molecular complexity index is 679. The number of ketones is 1. The summed E-state index contributed by atoms with van der Waals surface area (Å²) in [7, 11) is 1.61. The fraction of sp³-hybridized carbons (Fsp3) is 0.250. The zero-order valence-corrected chi connectivity index (χ0v) is 13.5. The number of rotatable bonds is 4. The third-order valence-electron chi connectivity index (χ3n) is 3.26. The van der Waals surface area contributed by atoms with Crippen LogP contribution in [0.2, 0.25) is 10.0 Å². The first-order valence-corrected chi connectivity index (χ1v) is 7.16. The first-order chi connectivity index (χ1) is 9.92. The fourth-order valence-corrected chi connectivity index (χ4v) is 2.74. The van der Waals surface area contributed by atoms with E-state index in [1.54, 1.807) is 31.5 Å². The second kappa shape index (κ2) is 6.46. The van der Waals surface area contributed by atoms with E-state index in [1.165, 1.54) is 0 Å². The number of ether oxygens (including phenoxy) is 1. The van der Waals surface area contributed by atoms with Crippen molar-refractivity contribution in [2.75, 3.05) is 7.11 Å². The summed E-state index contributed by atoms with van der Waals surface area (Å²) in [6, 6.07) is 4.81. The summed E-state index contributed by atoms with van der Waals surface area (Å²) in [5, 5.41) is 0.883. The molecule has 0 radical (unpaired) electrons. The van der Waals surface area contributed by atoms with Gasteiger partial charge in [0.15, 0.2) is 5.78 Å². The molecule has 0 fully saturated rings. The molecule has 2 aromatic rings. The molecule has 21 heavy (non-hydrogen) atoms. The molecule has 1 heterocycles. The van der Waals surface area contributed by atoms with Crippen LogP contribution >= 0.6 is 23.2 Å². The van der Waals surface area contributed by atoms with Gasteiger partial charge in [-0.3, -0.25) is 9.78 Å². The quantitative estimate of drug-likeness (QED) is 0.781. The number of hydrogen-bond donors (Lipinski definition) is 0. The normalized spacial score (nSPS) is 10.5.